The minimum absolute atomic E-state index is 0.00694. The molecule has 1 atom stereocenters. The molecule has 0 aromatic rings. The van der Waals surface area contributed by atoms with Crippen LogP contribution in [0.4, 0.5) is 0 Å². The Morgan fingerprint density at radius 1 is 1.67 bits per heavy atom. The van der Waals surface area contributed by atoms with Crippen LogP contribution in [-0.2, 0) is 0 Å². The van der Waals surface area contributed by atoms with Crippen LogP contribution in [0.25, 0.3) is 0 Å². The number of alkyl halides is 1. The highest BCUT2D eigenvalue weighted by molar-refractivity contribution is 9.10. The Labute approximate surface area is 62.7 Å². The van der Waals surface area contributed by atoms with E-state index in [1.54, 1.807) is 20.8 Å². The molecule has 0 aliphatic carbocycles. The van der Waals surface area contributed by atoms with Gasteiger partial charge in [-0.3, -0.25) is 10.1 Å². The maximum absolute atomic E-state index is 10.2. The molecule has 4 heteroatoms. The molecule has 0 spiro atoms. The smallest absolute Gasteiger partial charge is 0.263 e. The molecular weight excluding hydrogens is 186 g/mol. The summed E-state index contributed by atoms with van der Waals surface area (Å²) in [5, 5.41) is 10.2. The zero-order valence-electron chi connectivity index (χ0n) is 5.72. The van der Waals surface area contributed by atoms with Crippen molar-refractivity contribution in [2.24, 2.45) is 5.92 Å². The van der Waals surface area contributed by atoms with Gasteiger partial charge in [-0.25, -0.2) is 0 Å². The van der Waals surface area contributed by atoms with E-state index in [2.05, 4.69) is 15.9 Å². The second kappa shape index (κ2) is 2.64. The molecule has 1 unspecified atom stereocenters. The van der Waals surface area contributed by atoms with Crippen LogP contribution >= 0.6 is 15.9 Å². The summed E-state index contributed by atoms with van der Waals surface area (Å²) in [5.74, 6) is 0.00694. The molecule has 9 heavy (non-hydrogen) atoms. The van der Waals surface area contributed by atoms with Gasteiger partial charge in [-0.2, -0.15) is 0 Å². The van der Waals surface area contributed by atoms with Crippen molar-refractivity contribution in [3.8, 4) is 0 Å². The van der Waals surface area contributed by atoms with Crippen LogP contribution in [0.2, 0.25) is 0 Å². The van der Waals surface area contributed by atoms with E-state index in [1.807, 2.05) is 0 Å². The Hall–Kier alpha value is -0.120. The summed E-state index contributed by atoms with van der Waals surface area (Å²) in [7, 11) is 0. The molecule has 0 amide bonds. The Balaban J connectivity index is 4.19. The summed E-state index contributed by atoms with van der Waals surface area (Å²) >= 11 is 3.01. The number of nitro groups is 1. The Morgan fingerprint density at radius 2 is 2.00 bits per heavy atom. The summed E-state index contributed by atoms with van der Waals surface area (Å²) in [6.07, 6.45) is 0. The molecule has 3 nitrogen and oxygen atoms in total. The van der Waals surface area contributed by atoms with Crippen LogP contribution in [0.1, 0.15) is 20.8 Å². The minimum Gasteiger partial charge on any atom is -0.263 e. The zero-order valence-corrected chi connectivity index (χ0v) is 7.31. The number of hydrogen-bond acceptors (Lipinski definition) is 2. The molecule has 0 heterocycles. The number of nitrogens with zero attached hydrogens (tertiary/aromatic N) is 1. The molecule has 0 aromatic carbocycles. The molecule has 0 aliphatic rings. The Morgan fingerprint density at radius 3 is 2.00 bits per heavy atom. The van der Waals surface area contributed by atoms with Gasteiger partial charge < -0.3 is 0 Å². The van der Waals surface area contributed by atoms with Gasteiger partial charge in [0.05, 0.1) is 0 Å². The van der Waals surface area contributed by atoms with E-state index in [0.717, 1.165) is 0 Å². The summed E-state index contributed by atoms with van der Waals surface area (Å²) < 4.78 is -0.965. The third-order valence-electron chi connectivity index (χ3n) is 1.41. The molecule has 54 valence electrons. The first-order valence-electron chi connectivity index (χ1n) is 2.72. The molecule has 0 bridgehead atoms. The summed E-state index contributed by atoms with van der Waals surface area (Å²) in [6, 6.07) is 0. The van der Waals surface area contributed by atoms with Crippen LogP contribution in [0, 0.1) is 16.0 Å². The number of rotatable bonds is 2. The van der Waals surface area contributed by atoms with Crippen LogP contribution in [-0.4, -0.2) is 9.37 Å². The van der Waals surface area contributed by atoms with Gasteiger partial charge in [-0.15, -0.1) is 0 Å². The molecular formula is C5H10BrNO2. The van der Waals surface area contributed by atoms with E-state index >= 15 is 0 Å². The Bertz CT molecular complexity index is 122. The van der Waals surface area contributed by atoms with Crippen molar-refractivity contribution in [2.75, 3.05) is 0 Å². The minimum atomic E-state index is -0.965. The largest absolute Gasteiger partial charge is 0.274 e. The van der Waals surface area contributed by atoms with Crippen LogP contribution in [0.5, 0.6) is 0 Å². The predicted molar refractivity (Wildman–Crippen MR) is 39.2 cm³/mol. The van der Waals surface area contributed by atoms with Crippen LogP contribution in [0.3, 0.4) is 0 Å². The average molecular weight is 196 g/mol. The van der Waals surface area contributed by atoms with Crippen molar-refractivity contribution in [2.45, 2.75) is 25.2 Å². The molecule has 0 rings (SSSR count). The van der Waals surface area contributed by atoms with E-state index in [1.165, 1.54) is 0 Å². The maximum atomic E-state index is 10.2. The summed E-state index contributed by atoms with van der Waals surface area (Å²) in [6.45, 7) is 5.16. The van der Waals surface area contributed by atoms with Crippen molar-refractivity contribution in [1.29, 1.82) is 0 Å². The fourth-order valence-corrected chi connectivity index (χ4v) is 0.211. The summed E-state index contributed by atoms with van der Waals surface area (Å²) in [4.78, 5) is 9.90. The number of halogens is 1. The first-order chi connectivity index (χ1) is 3.89. The van der Waals surface area contributed by atoms with Gasteiger partial charge in [-0.05, 0) is 0 Å². The van der Waals surface area contributed by atoms with Crippen molar-refractivity contribution in [3.05, 3.63) is 10.1 Å². The molecule has 0 aliphatic heterocycles. The highest BCUT2D eigenvalue weighted by Gasteiger charge is 2.36. The van der Waals surface area contributed by atoms with E-state index in [0.29, 0.717) is 0 Å². The van der Waals surface area contributed by atoms with Crippen molar-refractivity contribution >= 4 is 15.9 Å². The maximum Gasteiger partial charge on any atom is 0.274 e. The van der Waals surface area contributed by atoms with E-state index in [9.17, 15) is 10.1 Å². The van der Waals surface area contributed by atoms with Gasteiger partial charge in [0.1, 0.15) is 0 Å². The zero-order chi connectivity index (χ0) is 7.65. The quantitative estimate of drug-likeness (QED) is 0.293. The standard InChI is InChI=1S/C5H10BrNO2/c1-4(2)5(3,6)7(8)9/h4H,1-3H3. The summed E-state index contributed by atoms with van der Waals surface area (Å²) in [5.41, 5.74) is 0. The Kier molecular flexibility index (Phi) is 2.61. The SMILES string of the molecule is CC(C)C(C)(Br)[N+](=O)[O-]. The van der Waals surface area contributed by atoms with Crippen LogP contribution < -0.4 is 0 Å². The third-order valence-corrected chi connectivity index (χ3v) is 2.62. The molecule has 0 fully saturated rings. The highest BCUT2D eigenvalue weighted by Crippen LogP contribution is 2.26. The second-order valence-electron chi connectivity index (χ2n) is 2.44. The first kappa shape index (κ1) is 8.88. The van der Waals surface area contributed by atoms with Crippen molar-refractivity contribution < 1.29 is 4.92 Å². The normalized spacial score (nSPS) is 17.4. The van der Waals surface area contributed by atoms with Gasteiger partial charge in [0.15, 0.2) is 0 Å². The monoisotopic (exact) mass is 195 g/mol. The lowest BCUT2D eigenvalue weighted by Gasteiger charge is -2.16. The van der Waals surface area contributed by atoms with Gasteiger partial charge >= 0.3 is 0 Å². The van der Waals surface area contributed by atoms with E-state index < -0.39 is 4.45 Å². The van der Waals surface area contributed by atoms with Crippen molar-refractivity contribution in [1.82, 2.24) is 0 Å². The molecule has 0 N–H and O–H groups in total. The number of hydrogen-bond donors (Lipinski definition) is 0. The molecule has 0 saturated carbocycles. The average Bonchev–Trinajstić information content (AvgIpc) is 1.65. The van der Waals surface area contributed by atoms with E-state index in [4.69, 9.17) is 0 Å². The van der Waals surface area contributed by atoms with Crippen molar-refractivity contribution in [3.63, 3.8) is 0 Å². The first-order valence-corrected chi connectivity index (χ1v) is 3.51. The second-order valence-corrected chi connectivity index (χ2v) is 4.04. The molecule has 0 saturated heterocycles. The van der Waals surface area contributed by atoms with Crippen LogP contribution in [0.15, 0.2) is 0 Å². The fourth-order valence-electron chi connectivity index (χ4n) is 0.211. The van der Waals surface area contributed by atoms with Gasteiger partial charge in [-0.1, -0.05) is 13.8 Å². The van der Waals surface area contributed by atoms with E-state index in [-0.39, 0.29) is 10.8 Å². The highest BCUT2D eigenvalue weighted by atomic mass is 79.9. The lowest BCUT2D eigenvalue weighted by molar-refractivity contribution is -0.539. The predicted octanol–water partition coefficient (Wildman–Crippen LogP) is 2.03. The molecule has 0 aromatic heterocycles. The topological polar surface area (TPSA) is 43.1 Å². The lowest BCUT2D eigenvalue weighted by Crippen LogP contribution is -2.32. The molecule has 0 radical (unpaired) electrons. The fraction of sp³-hybridized carbons (Fsp3) is 1.00. The van der Waals surface area contributed by atoms with Gasteiger partial charge in [0.2, 0.25) is 0 Å². The van der Waals surface area contributed by atoms with Gasteiger partial charge in [0.25, 0.3) is 4.45 Å². The lowest BCUT2D eigenvalue weighted by atomic mass is 10.1. The third kappa shape index (κ3) is 1.93. The van der Waals surface area contributed by atoms with Gasteiger partial charge in [0, 0.05) is 33.7 Å².